The molecule has 1 aromatic carbocycles. The molecular formula is C15H14O8. The van der Waals surface area contributed by atoms with E-state index in [1.807, 2.05) is 0 Å². The van der Waals surface area contributed by atoms with Gasteiger partial charge in [-0.3, -0.25) is 0 Å². The molecule has 23 heavy (non-hydrogen) atoms. The molecule has 0 atom stereocenters. The summed E-state index contributed by atoms with van der Waals surface area (Å²) in [4.78, 5) is 44.7. The third kappa shape index (κ3) is 6.42. The van der Waals surface area contributed by atoms with Gasteiger partial charge in [0.2, 0.25) is 0 Å². The number of carbonyl (C=O) groups is 4. The first-order valence-electron chi connectivity index (χ1n) is 6.28. The minimum Gasteiger partial charge on any atom is -0.466 e. The van der Waals surface area contributed by atoms with Crippen LogP contribution in [0.5, 0.6) is 5.75 Å². The molecule has 0 N–H and O–H groups in total. The molecule has 0 aliphatic heterocycles. The molecule has 8 heteroatoms. The van der Waals surface area contributed by atoms with E-state index in [0.29, 0.717) is 5.56 Å². The summed E-state index contributed by atoms with van der Waals surface area (Å²) in [5.74, 6) is -2.79. The molecule has 0 spiro atoms. The highest BCUT2D eigenvalue weighted by molar-refractivity contribution is 5.92. The van der Waals surface area contributed by atoms with Gasteiger partial charge in [0.1, 0.15) is 5.75 Å². The molecule has 0 radical (unpaired) electrons. The average molecular weight is 322 g/mol. The Morgan fingerprint density at radius 1 is 0.913 bits per heavy atom. The van der Waals surface area contributed by atoms with Gasteiger partial charge in [-0.15, -0.1) is 0 Å². The van der Waals surface area contributed by atoms with Crippen molar-refractivity contribution in [2.24, 2.45) is 0 Å². The lowest BCUT2D eigenvalue weighted by atomic mass is 10.2. The van der Waals surface area contributed by atoms with Crippen molar-refractivity contribution in [3.8, 4) is 5.75 Å². The molecule has 0 aliphatic carbocycles. The predicted molar refractivity (Wildman–Crippen MR) is 75.5 cm³/mol. The zero-order chi connectivity index (χ0) is 17.2. The van der Waals surface area contributed by atoms with Crippen LogP contribution in [0.2, 0.25) is 0 Å². The van der Waals surface area contributed by atoms with Crippen molar-refractivity contribution in [2.45, 2.75) is 0 Å². The van der Waals surface area contributed by atoms with Crippen LogP contribution in [0, 0.1) is 0 Å². The monoisotopic (exact) mass is 322 g/mol. The largest absolute Gasteiger partial charge is 0.466 e. The van der Waals surface area contributed by atoms with Crippen LogP contribution in [0.3, 0.4) is 0 Å². The fraction of sp³-hybridized carbons (Fsp3) is 0.200. The van der Waals surface area contributed by atoms with E-state index in [2.05, 4.69) is 14.2 Å². The molecule has 0 saturated heterocycles. The lowest BCUT2D eigenvalue weighted by Crippen LogP contribution is -2.18. The minimum absolute atomic E-state index is 0.170. The number of hydrogen-bond acceptors (Lipinski definition) is 8. The van der Waals surface area contributed by atoms with Crippen molar-refractivity contribution >= 4 is 23.9 Å². The molecular weight excluding hydrogens is 308 g/mol. The first kappa shape index (κ1) is 17.9. The van der Waals surface area contributed by atoms with Crippen molar-refractivity contribution in [3.63, 3.8) is 0 Å². The third-order valence-corrected chi connectivity index (χ3v) is 2.40. The van der Waals surface area contributed by atoms with E-state index in [4.69, 9.17) is 4.74 Å². The van der Waals surface area contributed by atoms with Gasteiger partial charge in [-0.25, -0.2) is 19.2 Å². The van der Waals surface area contributed by atoms with E-state index in [9.17, 15) is 19.2 Å². The molecule has 0 aromatic heterocycles. The highest BCUT2D eigenvalue weighted by Crippen LogP contribution is 2.13. The number of carbonyl (C=O) groups excluding carboxylic acids is 4. The van der Waals surface area contributed by atoms with E-state index in [1.165, 1.54) is 31.4 Å². The molecule has 0 heterocycles. The van der Waals surface area contributed by atoms with Gasteiger partial charge >= 0.3 is 23.9 Å². The minimum atomic E-state index is -0.895. The van der Waals surface area contributed by atoms with E-state index >= 15 is 0 Å². The van der Waals surface area contributed by atoms with E-state index in [1.54, 1.807) is 0 Å². The van der Waals surface area contributed by atoms with Crippen LogP contribution >= 0.6 is 0 Å². The predicted octanol–water partition coefficient (Wildman–Crippen LogP) is 0.651. The molecule has 1 rings (SSSR count). The summed E-state index contributed by atoms with van der Waals surface area (Å²) in [6.45, 7) is -0.636. The van der Waals surface area contributed by atoms with Gasteiger partial charge in [0, 0.05) is 12.2 Å². The Morgan fingerprint density at radius 3 is 2.09 bits per heavy atom. The summed E-state index contributed by atoms with van der Waals surface area (Å²) in [6, 6.07) is 5.62. The number of hydrogen-bond donors (Lipinski definition) is 0. The molecule has 1 aromatic rings. The van der Waals surface area contributed by atoms with Crippen molar-refractivity contribution in [1.29, 1.82) is 0 Å². The molecule has 0 unspecified atom stereocenters. The van der Waals surface area contributed by atoms with Crippen LogP contribution in [-0.4, -0.2) is 44.7 Å². The Balaban J connectivity index is 2.45. The summed E-state index contributed by atoms with van der Waals surface area (Å²) in [5, 5.41) is 0. The SMILES string of the molecule is COC(=O)/C=C/C(=O)OCC(=O)Oc1ccc(C(=O)OC)cc1. The fourth-order valence-electron chi connectivity index (χ4n) is 1.32. The van der Waals surface area contributed by atoms with Gasteiger partial charge in [0.05, 0.1) is 19.8 Å². The zero-order valence-corrected chi connectivity index (χ0v) is 12.4. The maximum Gasteiger partial charge on any atom is 0.349 e. The molecule has 0 fully saturated rings. The summed E-state index contributed by atoms with van der Waals surface area (Å²) in [6.07, 6.45) is 1.68. The molecule has 0 bridgehead atoms. The van der Waals surface area contributed by atoms with Crippen LogP contribution in [-0.2, 0) is 28.6 Å². The fourth-order valence-corrected chi connectivity index (χ4v) is 1.32. The topological polar surface area (TPSA) is 105 Å². The van der Waals surface area contributed by atoms with Crippen LogP contribution in [0.1, 0.15) is 10.4 Å². The van der Waals surface area contributed by atoms with Gasteiger partial charge in [-0.2, -0.15) is 0 Å². The average Bonchev–Trinajstić information content (AvgIpc) is 2.57. The molecule has 0 saturated carbocycles. The molecule has 0 amide bonds. The second kappa shape index (κ2) is 8.98. The molecule has 8 nitrogen and oxygen atoms in total. The second-order valence-electron chi connectivity index (χ2n) is 3.95. The van der Waals surface area contributed by atoms with Crippen molar-refractivity contribution in [1.82, 2.24) is 0 Å². The lowest BCUT2D eigenvalue weighted by molar-refractivity contribution is -0.150. The Kier molecular flexibility index (Phi) is 6.99. The highest BCUT2D eigenvalue weighted by Gasteiger charge is 2.10. The third-order valence-electron chi connectivity index (χ3n) is 2.40. The summed E-state index contributed by atoms with van der Waals surface area (Å²) < 4.78 is 18.3. The first-order chi connectivity index (χ1) is 11.0. The highest BCUT2D eigenvalue weighted by atomic mass is 16.6. The van der Waals surface area contributed by atoms with Gasteiger partial charge in [-0.05, 0) is 24.3 Å². The summed E-state index contributed by atoms with van der Waals surface area (Å²) >= 11 is 0. The van der Waals surface area contributed by atoms with Gasteiger partial charge < -0.3 is 18.9 Å². The Hall–Kier alpha value is -3.16. The molecule has 0 aliphatic rings. The normalized spacial score (nSPS) is 10.0. The number of esters is 4. The Bertz CT molecular complexity index is 615. The van der Waals surface area contributed by atoms with Crippen molar-refractivity contribution in [3.05, 3.63) is 42.0 Å². The lowest BCUT2D eigenvalue weighted by Gasteiger charge is -2.05. The molecule has 122 valence electrons. The van der Waals surface area contributed by atoms with E-state index in [-0.39, 0.29) is 5.75 Å². The van der Waals surface area contributed by atoms with Crippen LogP contribution < -0.4 is 4.74 Å². The van der Waals surface area contributed by atoms with Crippen LogP contribution in [0.4, 0.5) is 0 Å². The maximum atomic E-state index is 11.5. The Labute approximate surface area is 131 Å². The Morgan fingerprint density at radius 2 is 1.52 bits per heavy atom. The smallest absolute Gasteiger partial charge is 0.349 e. The van der Waals surface area contributed by atoms with Crippen molar-refractivity contribution in [2.75, 3.05) is 20.8 Å². The van der Waals surface area contributed by atoms with Gasteiger partial charge in [-0.1, -0.05) is 0 Å². The standard InChI is InChI=1S/C15H14O8/c1-20-12(16)7-8-13(17)22-9-14(18)23-11-5-3-10(4-6-11)15(19)21-2/h3-8H,9H2,1-2H3/b8-7+. The number of methoxy groups -OCH3 is 2. The quantitative estimate of drug-likeness (QED) is 0.325. The van der Waals surface area contributed by atoms with Crippen LogP contribution in [0.15, 0.2) is 36.4 Å². The maximum absolute atomic E-state index is 11.5. The van der Waals surface area contributed by atoms with Crippen molar-refractivity contribution < 1.29 is 38.1 Å². The van der Waals surface area contributed by atoms with E-state index in [0.717, 1.165) is 19.3 Å². The number of rotatable bonds is 6. The first-order valence-corrected chi connectivity index (χ1v) is 6.28. The number of benzene rings is 1. The van der Waals surface area contributed by atoms with Gasteiger partial charge in [0.25, 0.3) is 0 Å². The van der Waals surface area contributed by atoms with E-state index < -0.39 is 30.5 Å². The second-order valence-corrected chi connectivity index (χ2v) is 3.95. The summed E-state index contributed by atoms with van der Waals surface area (Å²) in [7, 11) is 2.40. The number of ether oxygens (including phenoxy) is 4. The zero-order valence-electron chi connectivity index (χ0n) is 12.4. The summed E-state index contributed by atoms with van der Waals surface area (Å²) in [5.41, 5.74) is 0.298. The van der Waals surface area contributed by atoms with Gasteiger partial charge in [0.15, 0.2) is 6.61 Å². The van der Waals surface area contributed by atoms with Crippen LogP contribution in [0.25, 0.3) is 0 Å².